The van der Waals surface area contributed by atoms with E-state index in [1.807, 2.05) is 0 Å². The Balaban J connectivity index is 2.32. The number of hydrogen-bond acceptors (Lipinski definition) is 4. The summed E-state index contributed by atoms with van der Waals surface area (Å²) < 4.78 is 0. The molecule has 6 heteroatoms. The van der Waals surface area contributed by atoms with Crippen molar-refractivity contribution in [3.8, 4) is 11.1 Å². The fourth-order valence-electron chi connectivity index (χ4n) is 2.43. The minimum Gasteiger partial charge on any atom is -0.366 e. The molecule has 0 aliphatic heterocycles. The first-order chi connectivity index (χ1) is 9.50. The molecule has 2 aromatic rings. The van der Waals surface area contributed by atoms with Gasteiger partial charge in [-0.25, -0.2) is 0 Å². The lowest BCUT2D eigenvalue weighted by molar-refractivity contribution is -0.384. The van der Waals surface area contributed by atoms with Gasteiger partial charge in [-0.2, -0.15) is 0 Å². The van der Waals surface area contributed by atoms with Crippen molar-refractivity contribution in [3.05, 3.63) is 63.2 Å². The van der Waals surface area contributed by atoms with Crippen molar-refractivity contribution in [2.45, 2.75) is 0 Å². The van der Waals surface area contributed by atoms with Crippen LogP contribution in [0.3, 0.4) is 0 Å². The number of non-ortho nitro benzene ring substituents is 1. The van der Waals surface area contributed by atoms with Crippen LogP contribution in [-0.4, -0.2) is 16.6 Å². The van der Waals surface area contributed by atoms with E-state index in [1.165, 1.54) is 24.3 Å². The third-order valence-corrected chi connectivity index (χ3v) is 3.30. The first-order valence-corrected chi connectivity index (χ1v) is 5.77. The molecular weight excluding hydrogens is 260 g/mol. The number of nitrogens with two attached hydrogens (primary N) is 1. The summed E-state index contributed by atoms with van der Waals surface area (Å²) in [4.78, 5) is 33.9. The SMILES string of the molecule is NC(=O)c1cccc2c1-c1ccc([N+](=O)[O-])cc1C2=O. The summed E-state index contributed by atoms with van der Waals surface area (Å²) in [5.41, 5.74) is 6.91. The Hall–Kier alpha value is -3.02. The molecule has 1 aliphatic rings. The molecule has 0 unspecified atom stereocenters. The average molecular weight is 268 g/mol. The van der Waals surface area contributed by atoms with Crippen LogP contribution in [0.15, 0.2) is 36.4 Å². The van der Waals surface area contributed by atoms with Crippen LogP contribution < -0.4 is 5.73 Å². The van der Waals surface area contributed by atoms with Gasteiger partial charge in [-0.05, 0) is 17.7 Å². The second kappa shape index (κ2) is 3.99. The maximum atomic E-state index is 12.3. The van der Waals surface area contributed by atoms with E-state index in [0.717, 1.165) is 0 Å². The molecule has 0 saturated carbocycles. The molecule has 1 amide bonds. The molecule has 3 rings (SSSR count). The Morgan fingerprint density at radius 1 is 1.10 bits per heavy atom. The van der Waals surface area contributed by atoms with E-state index in [2.05, 4.69) is 0 Å². The number of ketones is 1. The van der Waals surface area contributed by atoms with Crippen molar-refractivity contribution in [1.29, 1.82) is 0 Å². The van der Waals surface area contributed by atoms with Gasteiger partial charge in [0.05, 0.1) is 4.92 Å². The lowest BCUT2D eigenvalue weighted by Gasteiger charge is -2.04. The first kappa shape index (κ1) is 12.0. The molecule has 0 radical (unpaired) electrons. The summed E-state index contributed by atoms with van der Waals surface area (Å²) >= 11 is 0. The Bertz CT molecular complexity index is 796. The van der Waals surface area contributed by atoms with Gasteiger partial charge >= 0.3 is 0 Å². The average Bonchev–Trinajstić information content (AvgIpc) is 2.72. The molecule has 0 heterocycles. The third-order valence-electron chi connectivity index (χ3n) is 3.30. The number of nitro groups is 1. The Morgan fingerprint density at radius 3 is 2.50 bits per heavy atom. The van der Waals surface area contributed by atoms with E-state index < -0.39 is 10.8 Å². The van der Waals surface area contributed by atoms with Crippen LogP contribution in [0.25, 0.3) is 11.1 Å². The summed E-state index contributed by atoms with van der Waals surface area (Å²) in [5.74, 6) is -0.970. The van der Waals surface area contributed by atoms with Crippen molar-refractivity contribution in [2.75, 3.05) is 0 Å². The van der Waals surface area contributed by atoms with E-state index in [0.29, 0.717) is 16.7 Å². The minimum absolute atomic E-state index is 0.162. The largest absolute Gasteiger partial charge is 0.366 e. The highest BCUT2D eigenvalue weighted by Crippen LogP contribution is 2.40. The Kier molecular flexibility index (Phi) is 2.40. The molecule has 20 heavy (non-hydrogen) atoms. The van der Waals surface area contributed by atoms with Crippen LogP contribution in [0.1, 0.15) is 26.3 Å². The van der Waals surface area contributed by atoms with Crippen LogP contribution in [0.2, 0.25) is 0 Å². The van der Waals surface area contributed by atoms with Gasteiger partial charge in [0.15, 0.2) is 5.78 Å². The van der Waals surface area contributed by atoms with Gasteiger partial charge in [0.1, 0.15) is 0 Å². The van der Waals surface area contributed by atoms with Gasteiger partial charge in [-0.1, -0.05) is 12.1 Å². The number of hydrogen-bond donors (Lipinski definition) is 1. The molecule has 0 bridgehead atoms. The zero-order valence-corrected chi connectivity index (χ0v) is 10.1. The van der Waals surface area contributed by atoms with Gasteiger partial charge in [-0.15, -0.1) is 0 Å². The molecule has 2 N–H and O–H groups in total. The summed E-state index contributed by atoms with van der Waals surface area (Å²) in [6, 6.07) is 8.68. The fourth-order valence-corrected chi connectivity index (χ4v) is 2.43. The van der Waals surface area contributed by atoms with Gasteiger partial charge in [-0.3, -0.25) is 19.7 Å². The standard InChI is InChI=1S/C14H8N2O4/c15-14(18)10-3-1-2-9-12(10)8-5-4-7(16(19)20)6-11(8)13(9)17/h1-6H,(H2,15,18). The maximum absolute atomic E-state index is 12.3. The smallest absolute Gasteiger partial charge is 0.270 e. The number of fused-ring (bicyclic) bond motifs is 3. The van der Waals surface area contributed by atoms with Crippen molar-refractivity contribution < 1.29 is 14.5 Å². The molecule has 0 fully saturated rings. The number of rotatable bonds is 2. The van der Waals surface area contributed by atoms with Crippen molar-refractivity contribution >= 4 is 17.4 Å². The number of nitro benzene ring substituents is 1. The number of nitrogens with zero attached hydrogens (tertiary/aromatic N) is 1. The van der Waals surface area contributed by atoms with E-state index >= 15 is 0 Å². The second-order valence-electron chi connectivity index (χ2n) is 4.41. The molecule has 0 saturated heterocycles. The highest BCUT2D eigenvalue weighted by Gasteiger charge is 2.31. The third kappa shape index (κ3) is 1.51. The van der Waals surface area contributed by atoms with Crippen molar-refractivity contribution in [3.63, 3.8) is 0 Å². The summed E-state index contributed by atoms with van der Waals surface area (Å²) in [6.07, 6.45) is 0. The molecule has 1 aliphatic carbocycles. The predicted octanol–water partition coefficient (Wildman–Crippen LogP) is 1.91. The van der Waals surface area contributed by atoms with Gasteiger partial charge < -0.3 is 5.73 Å². The molecule has 2 aromatic carbocycles. The Morgan fingerprint density at radius 2 is 1.85 bits per heavy atom. The van der Waals surface area contributed by atoms with Crippen LogP contribution in [0.4, 0.5) is 5.69 Å². The number of primary amides is 1. The van der Waals surface area contributed by atoms with Crippen molar-refractivity contribution in [1.82, 2.24) is 0 Å². The van der Waals surface area contributed by atoms with E-state index in [-0.39, 0.29) is 22.6 Å². The topological polar surface area (TPSA) is 103 Å². The van der Waals surface area contributed by atoms with E-state index in [9.17, 15) is 19.7 Å². The van der Waals surface area contributed by atoms with Crippen LogP contribution >= 0.6 is 0 Å². The van der Waals surface area contributed by atoms with Gasteiger partial charge in [0.2, 0.25) is 5.91 Å². The zero-order valence-electron chi connectivity index (χ0n) is 10.1. The highest BCUT2D eigenvalue weighted by atomic mass is 16.6. The normalized spacial score (nSPS) is 11.9. The zero-order chi connectivity index (χ0) is 14.4. The number of carbonyl (C=O) groups excluding carboxylic acids is 2. The number of amides is 1. The second-order valence-corrected chi connectivity index (χ2v) is 4.41. The molecule has 6 nitrogen and oxygen atoms in total. The molecule has 0 aromatic heterocycles. The van der Waals surface area contributed by atoms with Crippen LogP contribution in [0, 0.1) is 10.1 Å². The highest BCUT2D eigenvalue weighted by molar-refractivity contribution is 6.24. The van der Waals surface area contributed by atoms with Crippen LogP contribution in [0.5, 0.6) is 0 Å². The monoisotopic (exact) mass is 268 g/mol. The molecule has 0 atom stereocenters. The van der Waals surface area contributed by atoms with Crippen molar-refractivity contribution in [2.24, 2.45) is 5.73 Å². The molecule has 0 spiro atoms. The van der Waals surface area contributed by atoms with Gasteiger partial charge in [0.25, 0.3) is 5.69 Å². The lowest BCUT2D eigenvalue weighted by atomic mass is 9.99. The summed E-state index contributed by atoms with van der Waals surface area (Å²) in [7, 11) is 0. The number of carbonyl (C=O) groups is 2. The first-order valence-electron chi connectivity index (χ1n) is 5.77. The summed E-state index contributed by atoms with van der Waals surface area (Å²) in [6.45, 7) is 0. The van der Waals surface area contributed by atoms with E-state index in [4.69, 9.17) is 5.73 Å². The van der Waals surface area contributed by atoms with Crippen LogP contribution in [-0.2, 0) is 0 Å². The predicted molar refractivity (Wildman–Crippen MR) is 70.5 cm³/mol. The molecule has 98 valence electrons. The Labute approximate surface area is 113 Å². The van der Waals surface area contributed by atoms with Gasteiger partial charge in [0, 0.05) is 34.4 Å². The quantitative estimate of drug-likeness (QED) is 0.566. The minimum atomic E-state index is -0.638. The fraction of sp³-hybridized carbons (Fsp3) is 0. The number of benzene rings is 2. The lowest BCUT2D eigenvalue weighted by Crippen LogP contribution is -2.12. The molecular formula is C14H8N2O4. The maximum Gasteiger partial charge on any atom is 0.270 e. The van der Waals surface area contributed by atoms with E-state index in [1.54, 1.807) is 12.1 Å². The summed E-state index contributed by atoms with van der Waals surface area (Å²) in [5, 5.41) is 10.8.